The van der Waals surface area contributed by atoms with Crippen LogP contribution in [0.15, 0.2) is 0 Å². The van der Waals surface area contributed by atoms with Gasteiger partial charge in [-0.15, -0.1) is 0 Å². The molecular formula is C15H25N3O. The Labute approximate surface area is 116 Å². The Kier molecular flexibility index (Phi) is 4.46. The quantitative estimate of drug-likeness (QED) is 0.771. The van der Waals surface area contributed by atoms with Gasteiger partial charge in [0.25, 0.3) is 0 Å². The van der Waals surface area contributed by atoms with Gasteiger partial charge in [-0.2, -0.15) is 5.26 Å². The van der Waals surface area contributed by atoms with Crippen LogP contribution in [0.25, 0.3) is 0 Å². The number of fused-ring (bicyclic) bond motifs is 1. The van der Waals surface area contributed by atoms with Gasteiger partial charge in [-0.1, -0.05) is 6.42 Å². The number of hydrogen-bond acceptors (Lipinski definition) is 3. The summed E-state index contributed by atoms with van der Waals surface area (Å²) in [4.78, 5) is 14.2. The van der Waals surface area contributed by atoms with Crippen LogP contribution in [0.3, 0.4) is 0 Å². The van der Waals surface area contributed by atoms with Crippen molar-refractivity contribution in [1.82, 2.24) is 10.2 Å². The van der Waals surface area contributed by atoms with Crippen LogP contribution >= 0.6 is 0 Å². The van der Waals surface area contributed by atoms with Crippen LogP contribution in [0.4, 0.5) is 0 Å². The number of nitrogens with one attached hydrogen (secondary N) is 1. The van der Waals surface area contributed by atoms with Crippen LogP contribution in [-0.2, 0) is 4.79 Å². The van der Waals surface area contributed by atoms with E-state index >= 15 is 0 Å². The number of hydrogen-bond donors (Lipinski definition) is 1. The molecule has 0 aromatic heterocycles. The van der Waals surface area contributed by atoms with Crippen molar-refractivity contribution in [2.24, 2.45) is 11.3 Å². The summed E-state index contributed by atoms with van der Waals surface area (Å²) in [5.41, 5.74) is -0.199. The van der Waals surface area contributed by atoms with E-state index in [-0.39, 0.29) is 17.2 Å². The van der Waals surface area contributed by atoms with E-state index in [2.05, 4.69) is 16.3 Å². The second kappa shape index (κ2) is 5.92. The Balaban J connectivity index is 1.74. The molecule has 4 nitrogen and oxygen atoms in total. The van der Waals surface area contributed by atoms with Crippen LogP contribution in [0, 0.1) is 22.7 Å². The van der Waals surface area contributed by atoms with E-state index in [1.165, 1.54) is 0 Å². The van der Waals surface area contributed by atoms with E-state index in [4.69, 9.17) is 5.26 Å². The molecule has 2 unspecified atom stereocenters. The number of carbonyl (C=O) groups is 1. The maximum absolute atomic E-state index is 11.7. The molecule has 2 heterocycles. The number of unbranched alkanes of at least 4 members (excludes halogenated alkanes) is 1. The maximum Gasteiger partial charge on any atom is 0.224 e. The van der Waals surface area contributed by atoms with Gasteiger partial charge in [0.1, 0.15) is 0 Å². The third-order valence-corrected chi connectivity index (χ3v) is 4.52. The Hall–Kier alpha value is -1.08. The molecule has 1 N–H and O–H groups in total. The molecule has 19 heavy (non-hydrogen) atoms. The summed E-state index contributed by atoms with van der Waals surface area (Å²) in [6.45, 7) is 7.02. The summed E-state index contributed by atoms with van der Waals surface area (Å²) < 4.78 is 0. The van der Waals surface area contributed by atoms with Gasteiger partial charge in [0.15, 0.2) is 0 Å². The summed E-state index contributed by atoms with van der Waals surface area (Å²) in [5, 5.41) is 12.0. The number of likely N-dealkylation sites (tertiary alicyclic amines) is 1. The molecule has 0 bridgehead atoms. The largest absolute Gasteiger partial charge is 0.354 e. The molecule has 2 aliphatic rings. The predicted octanol–water partition coefficient (Wildman–Crippen LogP) is 1.92. The topological polar surface area (TPSA) is 56.1 Å². The SMILES string of the molecule is CC(C)(C#N)CCCCN1CCCC2C(=O)NCC21. The van der Waals surface area contributed by atoms with E-state index in [1.807, 2.05) is 13.8 Å². The lowest BCUT2D eigenvalue weighted by Crippen LogP contribution is -2.45. The van der Waals surface area contributed by atoms with Gasteiger partial charge in [0.05, 0.1) is 17.4 Å². The van der Waals surface area contributed by atoms with Crippen molar-refractivity contribution in [3.63, 3.8) is 0 Å². The van der Waals surface area contributed by atoms with Crippen molar-refractivity contribution >= 4 is 5.91 Å². The van der Waals surface area contributed by atoms with Gasteiger partial charge in [-0.05, 0) is 52.6 Å². The van der Waals surface area contributed by atoms with E-state index in [9.17, 15) is 4.79 Å². The number of nitriles is 1. The summed E-state index contributed by atoms with van der Waals surface area (Å²) >= 11 is 0. The lowest BCUT2D eigenvalue weighted by atomic mass is 9.88. The zero-order valence-corrected chi connectivity index (χ0v) is 12.1. The minimum atomic E-state index is -0.199. The van der Waals surface area contributed by atoms with Gasteiger partial charge in [0.2, 0.25) is 5.91 Å². The lowest BCUT2D eigenvalue weighted by molar-refractivity contribution is -0.124. The van der Waals surface area contributed by atoms with Crippen molar-refractivity contribution in [3.8, 4) is 6.07 Å². The third kappa shape index (κ3) is 3.48. The lowest BCUT2D eigenvalue weighted by Gasteiger charge is -2.36. The Morgan fingerprint density at radius 1 is 1.47 bits per heavy atom. The first-order valence-corrected chi connectivity index (χ1v) is 7.46. The van der Waals surface area contributed by atoms with E-state index in [1.54, 1.807) is 0 Å². The first-order chi connectivity index (χ1) is 9.03. The molecule has 0 aliphatic carbocycles. The Morgan fingerprint density at radius 3 is 3.00 bits per heavy atom. The van der Waals surface area contributed by atoms with Gasteiger partial charge in [-0.3, -0.25) is 9.69 Å². The predicted molar refractivity (Wildman–Crippen MR) is 74.3 cm³/mol. The molecule has 0 aromatic carbocycles. The van der Waals surface area contributed by atoms with Crippen LogP contribution in [0.1, 0.15) is 46.0 Å². The van der Waals surface area contributed by atoms with E-state index in [0.29, 0.717) is 6.04 Å². The summed E-state index contributed by atoms with van der Waals surface area (Å²) in [5.74, 6) is 0.476. The highest BCUT2D eigenvalue weighted by Crippen LogP contribution is 2.28. The van der Waals surface area contributed by atoms with Gasteiger partial charge >= 0.3 is 0 Å². The number of nitrogens with zero attached hydrogens (tertiary/aromatic N) is 2. The second-order valence-electron chi connectivity index (χ2n) is 6.55. The standard InChI is InChI=1S/C15H25N3O/c1-15(2,11-16)7-3-4-8-18-9-5-6-12-13(18)10-17-14(12)19/h12-13H,3-10H2,1-2H3,(H,17,19). The first-order valence-electron chi connectivity index (χ1n) is 7.46. The highest BCUT2D eigenvalue weighted by atomic mass is 16.2. The molecule has 0 spiro atoms. The second-order valence-corrected chi connectivity index (χ2v) is 6.55. The fraction of sp³-hybridized carbons (Fsp3) is 0.867. The fourth-order valence-corrected chi connectivity index (χ4v) is 3.26. The first kappa shape index (κ1) is 14.3. The molecule has 2 aliphatic heterocycles. The average molecular weight is 263 g/mol. The zero-order valence-electron chi connectivity index (χ0n) is 12.1. The molecule has 0 saturated carbocycles. The Bertz CT molecular complexity index is 372. The molecule has 2 atom stereocenters. The average Bonchev–Trinajstić information content (AvgIpc) is 2.78. The van der Waals surface area contributed by atoms with E-state index in [0.717, 1.165) is 51.7 Å². The van der Waals surface area contributed by atoms with Crippen molar-refractivity contribution in [3.05, 3.63) is 0 Å². The minimum Gasteiger partial charge on any atom is -0.354 e. The monoisotopic (exact) mass is 263 g/mol. The van der Waals surface area contributed by atoms with Gasteiger partial charge in [0, 0.05) is 12.6 Å². The summed E-state index contributed by atoms with van der Waals surface area (Å²) in [6.07, 6.45) is 5.37. The number of rotatable bonds is 5. The molecule has 4 heteroatoms. The van der Waals surface area contributed by atoms with Crippen molar-refractivity contribution < 1.29 is 4.79 Å². The molecule has 106 valence electrons. The summed E-state index contributed by atoms with van der Waals surface area (Å²) in [6, 6.07) is 2.78. The number of amides is 1. The fourth-order valence-electron chi connectivity index (χ4n) is 3.26. The molecular weight excluding hydrogens is 238 g/mol. The molecule has 0 radical (unpaired) electrons. The van der Waals surface area contributed by atoms with Gasteiger partial charge in [-0.25, -0.2) is 0 Å². The number of piperidine rings is 1. The van der Waals surface area contributed by atoms with Crippen LogP contribution in [0.2, 0.25) is 0 Å². The normalized spacial score (nSPS) is 27.7. The maximum atomic E-state index is 11.7. The molecule has 2 fully saturated rings. The molecule has 1 amide bonds. The van der Waals surface area contributed by atoms with Crippen LogP contribution < -0.4 is 5.32 Å². The van der Waals surface area contributed by atoms with Crippen molar-refractivity contribution in [2.75, 3.05) is 19.6 Å². The van der Waals surface area contributed by atoms with Crippen molar-refractivity contribution in [1.29, 1.82) is 5.26 Å². The molecule has 2 saturated heterocycles. The van der Waals surface area contributed by atoms with Crippen LogP contribution in [-0.4, -0.2) is 36.5 Å². The zero-order chi connectivity index (χ0) is 13.9. The van der Waals surface area contributed by atoms with Crippen molar-refractivity contribution in [2.45, 2.75) is 52.0 Å². The molecule has 2 rings (SSSR count). The summed E-state index contributed by atoms with van der Waals surface area (Å²) in [7, 11) is 0. The molecule has 0 aromatic rings. The van der Waals surface area contributed by atoms with E-state index < -0.39 is 0 Å². The van der Waals surface area contributed by atoms with Crippen LogP contribution in [0.5, 0.6) is 0 Å². The highest BCUT2D eigenvalue weighted by Gasteiger charge is 2.40. The smallest absolute Gasteiger partial charge is 0.224 e. The Morgan fingerprint density at radius 2 is 2.26 bits per heavy atom. The van der Waals surface area contributed by atoms with Gasteiger partial charge < -0.3 is 5.32 Å². The highest BCUT2D eigenvalue weighted by molar-refractivity contribution is 5.82. The number of carbonyl (C=O) groups excluding carboxylic acids is 1. The third-order valence-electron chi connectivity index (χ3n) is 4.52. The minimum absolute atomic E-state index is 0.199.